The summed E-state index contributed by atoms with van der Waals surface area (Å²) in [5.41, 5.74) is 10.1. The van der Waals surface area contributed by atoms with E-state index in [1.54, 1.807) is 25.1 Å². The highest BCUT2D eigenvalue weighted by molar-refractivity contribution is 6.30. The summed E-state index contributed by atoms with van der Waals surface area (Å²) in [6.07, 6.45) is 0.677. The maximum Gasteiger partial charge on any atom is 0.315 e. The molecule has 2 unspecified atom stereocenters. The minimum atomic E-state index is -0.793. The quantitative estimate of drug-likeness (QED) is 0.227. The Morgan fingerprint density at radius 3 is 2.24 bits per heavy atom. The lowest BCUT2D eigenvalue weighted by Gasteiger charge is -2.32. The van der Waals surface area contributed by atoms with Gasteiger partial charge in [-0.3, -0.25) is 14.6 Å². The van der Waals surface area contributed by atoms with Crippen LogP contribution in [0.1, 0.15) is 41.9 Å². The number of hydrogen-bond acceptors (Lipinski definition) is 6. The Morgan fingerprint density at radius 2 is 1.66 bits per heavy atom. The molecule has 1 aliphatic rings. The van der Waals surface area contributed by atoms with Crippen LogP contribution in [0.25, 0.3) is 0 Å². The summed E-state index contributed by atoms with van der Waals surface area (Å²) in [5.74, 6) is -2.15. The highest BCUT2D eigenvalue weighted by atomic mass is 35.5. The van der Waals surface area contributed by atoms with Crippen molar-refractivity contribution in [2.75, 3.05) is 33.4 Å². The predicted molar refractivity (Wildman–Crippen MR) is 162 cm³/mol. The summed E-state index contributed by atoms with van der Waals surface area (Å²) in [5, 5.41) is 3.62. The summed E-state index contributed by atoms with van der Waals surface area (Å²) in [4.78, 5) is 31.8. The Labute approximate surface area is 246 Å². The zero-order chi connectivity index (χ0) is 29.2. The fourth-order valence-electron chi connectivity index (χ4n) is 5.38. The molecule has 0 saturated heterocycles. The molecule has 3 aromatic rings. The molecular formula is C33H36ClN3O4. The van der Waals surface area contributed by atoms with Crippen molar-refractivity contribution in [1.82, 2.24) is 5.32 Å². The first kappa shape index (κ1) is 30.2. The van der Waals surface area contributed by atoms with Gasteiger partial charge < -0.3 is 20.5 Å². The number of methoxy groups -OCH3 is 1. The largest absolute Gasteiger partial charge is 0.468 e. The number of nitrogens with zero attached hydrogens (tertiary/aromatic N) is 1. The molecule has 0 saturated carbocycles. The summed E-state index contributed by atoms with van der Waals surface area (Å²) in [7, 11) is 1.33. The monoisotopic (exact) mass is 573 g/mol. The zero-order valence-electron chi connectivity index (χ0n) is 23.4. The molecule has 2 atom stereocenters. The first-order chi connectivity index (χ1) is 19.9. The number of carbonyl (C=O) groups excluding carboxylic acids is 2. The fraction of sp³-hybridized carbons (Fsp3) is 0.303. The Kier molecular flexibility index (Phi) is 10.8. The normalized spacial score (nSPS) is 16.9. The number of benzene rings is 3. The van der Waals surface area contributed by atoms with Crippen LogP contribution in [-0.4, -0.2) is 51.0 Å². The Morgan fingerprint density at radius 1 is 1.00 bits per heavy atom. The second kappa shape index (κ2) is 14.7. The summed E-state index contributed by atoms with van der Waals surface area (Å²) < 4.78 is 10.9. The average Bonchev–Trinajstić information content (AvgIpc) is 2.99. The van der Waals surface area contributed by atoms with Crippen LogP contribution in [0.4, 0.5) is 0 Å². The molecule has 8 heteroatoms. The molecule has 0 aromatic heterocycles. The van der Waals surface area contributed by atoms with Gasteiger partial charge in [-0.2, -0.15) is 0 Å². The smallest absolute Gasteiger partial charge is 0.315 e. The van der Waals surface area contributed by atoms with Gasteiger partial charge in [-0.1, -0.05) is 84.4 Å². The van der Waals surface area contributed by atoms with Crippen molar-refractivity contribution in [3.63, 3.8) is 0 Å². The van der Waals surface area contributed by atoms with Crippen LogP contribution in [0.15, 0.2) is 101 Å². The third-order valence-electron chi connectivity index (χ3n) is 7.25. The van der Waals surface area contributed by atoms with E-state index in [2.05, 4.69) is 34.6 Å². The maximum absolute atomic E-state index is 14.0. The van der Waals surface area contributed by atoms with Crippen LogP contribution < -0.4 is 11.1 Å². The molecule has 0 fully saturated rings. The molecular weight excluding hydrogens is 538 g/mol. The predicted octanol–water partition coefficient (Wildman–Crippen LogP) is 5.26. The number of rotatable bonds is 12. The number of aliphatic imine (C=N–C) groups is 1. The molecule has 0 radical (unpaired) electrons. The van der Waals surface area contributed by atoms with Gasteiger partial charge in [0.15, 0.2) is 0 Å². The van der Waals surface area contributed by atoms with Gasteiger partial charge in [-0.15, -0.1) is 0 Å². The highest BCUT2D eigenvalue weighted by Crippen LogP contribution is 2.40. The van der Waals surface area contributed by atoms with Crippen LogP contribution in [0.3, 0.4) is 0 Å². The Balaban J connectivity index is 1.67. The fourth-order valence-corrected chi connectivity index (χ4v) is 5.58. The molecule has 7 nitrogen and oxygen atoms in total. The van der Waals surface area contributed by atoms with Crippen LogP contribution in [0.5, 0.6) is 0 Å². The van der Waals surface area contributed by atoms with E-state index in [9.17, 15) is 9.59 Å². The molecule has 41 heavy (non-hydrogen) atoms. The molecule has 4 rings (SSSR count). The van der Waals surface area contributed by atoms with Crippen molar-refractivity contribution in [3.05, 3.63) is 118 Å². The van der Waals surface area contributed by atoms with E-state index in [0.29, 0.717) is 48.1 Å². The number of hydrogen-bond donors (Lipinski definition) is 2. The number of amides is 1. The molecule has 1 aliphatic heterocycles. The van der Waals surface area contributed by atoms with Gasteiger partial charge in [-0.25, -0.2) is 0 Å². The average molecular weight is 574 g/mol. The Hall–Kier alpha value is -3.78. The second-order valence-electron chi connectivity index (χ2n) is 9.91. The van der Waals surface area contributed by atoms with E-state index in [-0.39, 0.29) is 18.4 Å². The van der Waals surface area contributed by atoms with Crippen LogP contribution in [0.2, 0.25) is 5.02 Å². The minimum absolute atomic E-state index is 0.0822. The summed E-state index contributed by atoms with van der Waals surface area (Å²) in [6, 6.07) is 27.7. The summed E-state index contributed by atoms with van der Waals surface area (Å²) >= 11 is 6.36. The SMILES string of the molecule is COC(=O)C1C(C)=NC(COCCN)=C(C(=O)NCCC(c2ccccc2)c2ccccc2)C1c1cccc(Cl)c1. The van der Waals surface area contributed by atoms with Crippen molar-refractivity contribution >= 4 is 29.2 Å². The van der Waals surface area contributed by atoms with Crippen molar-refractivity contribution in [1.29, 1.82) is 0 Å². The van der Waals surface area contributed by atoms with E-state index >= 15 is 0 Å². The number of ether oxygens (including phenoxy) is 2. The number of nitrogens with one attached hydrogen (secondary N) is 1. The lowest BCUT2D eigenvalue weighted by Crippen LogP contribution is -2.40. The van der Waals surface area contributed by atoms with Gasteiger partial charge >= 0.3 is 5.97 Å². The van der Waals surface area contributed by atoms with Gasteiger partial charge in [0.1, 0.15) is 5.92 Å². The first-order valence-corrected chi connectivity index (χ1v) is 14.1. The van der Waals surface area contributed by atoms with Crippen molar-refractivity contribution in [2.24, 2.45) is 16.6 Å². The number of nitrogens with two attached hydrogens (primary N) is 1. The van der Waals surface area contributed by atoms with Gasteiger partial charge in [0.25, 0.3) is 0 Å². The van der Waals surface area contributed by atoms with E-state index in [1.165, 1.54) is 18.2 Å². The van der Waals surface area contributed by atoms with Gasteiger partial charge in [0.2, 0.25) is 5.91 Å². The molecule has 0 spiro atoms. The van der Waals surface area contributed by atoms with Gasteiger partial charge in [0.05, 0.1) is 26.0 Å². The van der Waals surface area contributed by atoms with Crippen LogP contribution in [-0.2, 0) is 19.1 Å². The molecule has 3 aromatic carbocycles. The zero-order valence-corrected chi connectivity index (χ0v) is 24.1. The topological polar surface area (TPSA) is 103 Å². The van der Waals surface area contributed by atoms with E-state index in [0.717, 1.165) is 5.56 Å². The number of halogens is 1. The molecule has 1 amide bonds. The van der Waals surface area contributed by atoms with E-state index in [1.807, 2.05) is 42.5 Å². The Bertz CT molecular complexity index is 1350. The lowest BCUT2D eigenvalue weighted by atomic mass is 9.75. The third-order valence-corrected chi connectivity index (χ3v) is 7.48. The van der Waals surface area contributed by atoms with E-state index < -0.39 is 17.8 Å². The van der Waals surface area contributed by atoms with Crippen LogP contribution >= 0.6 is 11.6 Å². The molecule has 1 heterocycles. The first-order valence-electron chi connectivity index (χ1n) is 13.7. The molecule has 0 aliphatic carbocycles. The third kappa shape index (κ3) is 7.50. The van der Waals surface area contributed by atoms with Crippen molar-refractivity contribution in [2.45, 2.75) is 25.2 Å². The van der Waals surface area contributed by atoms with Gasteiger partial charge in [-0.05, 0) is 42.2 Å². The molecule has 214 valence electrons. The molecule has 0 bridgehead atoms. The number of carbonyl (C=O) groups is 2. The minimum Gasteiger partial charge on any atom is -0.468 e. The standard InChI is InChI=1S/C33H36ClN3O4/c1-22-29(33(39)40-2)30(25-14-9-15-26(34)20-25)31(28(37-22)21-41-19-17-35)32(38)36-18-16-27(23-10-5-3-6-11-23)24-12-7-4-8-13-24/h3-15,20,27,29-30H,16-19,21,35H2,1-2H3,(H,36,38). The van der Waals surface area contributed by atoms with E-state index in [4.69, 9.17) is 26.8 Å². The lowest BCUT2D eigenvalue weighted by molar-refractivity contribution is -0.143. The van der Waals surface area contributed by atoms with Gasteiger partial charge in [0, 0.05) is 41.2 Å². The maximum atomic E-state index is 14.0. The highest BCUT2D eigenvalue weighted by Gasteiger charge is 2.42. The van der Waals surface area contributed by atoms with Crippen molar-refractivity contribution in [3.8, 4) is 0 Å². The molecule has 3 N–H and O–H groups in total. The second-order valence-corrected chi connectivity index (χ2v) is 10.3. The van der Waals surface area contributed by atoms with Crippen molar-refractivity contribution < 1.29 is 19.1 Å². The van der Waals surface area contributed by atoms with Crippen LogP contribution in [0, 0.1) is 5.92 Å². The number of esters is 1. The summed E-state index contributed by atoms with van der Waals surface area (Å²) in [6.45, 7) is 2.90.